The van der Waals surface area contributed by atoms with Crippen LogP contribution in [0.5, 0.6) is 23.0 Å². The summed E-state index contributed by atoms with van der Waals surface area (Å²) in [6.45, 7) is -9.95. The number of hydrogen-bond acceptors (Lipinski definition) is 20. The van der Waals surface area contributed by atoms with E-state index in [2.05, 4.69) is 21.3 Å². The number of rotatable bonds is 20. The van der Waals surface area contributed by atoms with Crippen LogP contribution in [-0.4, -0.2) is 186 Å². The van der Waals surface area contributed by atoms with Gasteiger partial charge >= 0.3 is 0 Å². The molecule has 8 atom stereocenters. The highest BCUT2D eigenvalue weighted by Gasteiger charge is 2.59. The average molecular weight is 1270 g/mol. The van der Waals surface area contributed by atoms with Crippen LogP contribution >= 0.6 is 0 Å². The summed E-state index contributed by atoms with van der Waals surface area (Å²) < 4.78 is 25.8. The Kier molecular flexibility index (Phi) is 19.1. The Labute approximate surface area is 528 Å². The molecule has 16 aliphatic heterocycles. The molecule has 0 radical (unpaired) electrons. The average Bonchev–Trinajstić information content (AvgIpc) is 0.706. The molecule has 92 heavy (non-hydrogen) atoms. The molecular formula is C68H76N4O20. The number of fused-ring (bicyclic) bond motifs is 2. The molecular weight excluding hydrogens is 1190 g/mol. The van der Waals surface area contributed by atoms with Gasteiger partial charge in [0.25, 0.3) is 0 Å². The van der Waals surface area contributed by atoms with Crippen molar-refractivity contribution in [2.24, 2.45) is 23.7 Å². The summed E-state index contributed by atoms with van der Waals surface area (Å²) in [6, 6.07) is 36.2. The van der Waals surface area contributed by atoms with E-state index in [9.17, 15) is 80.5 Å². The topological polar surface area (TPSA) is 396 Å². The Balaban J connectivity index is 0.972. The van der Waals surface area contributed by atoms with Crippen molar-refractivity contribution < 1.29 is 99.4 Å². The summed E-state index contributed by atoms with van der Waals surface area (Å²) in [7, 11) is 0. The lowest BCUT2D eigenvalue weighted by atomic mass is 9.53. The number of hydrogen-bond donors (Lipinski definition) is 16. The normalized spacial score (nSPS) is 21.3. The summed E-state index contributed by atoms with van der Waals surface area (Å²) in [4.78, 5) is 59.8. The lowest BCUT2D eigenvalue weighted by molar-refractivity contribution is -0.141. The van der Waals surface area contributed by atoms with Crippen molar-refractivity contribution in [3.63, 3.8) is 0 Å². The number of nitrogens with one attached hydrogen (secondary N) is 4. The second kappa shape index (κ2) is 26.9. The van der Waals surface area contributed by atoms with Crippen molar-refractivity contribution >= 4 is 23.6 Å². The molecule has 24 nitrogen and oxygen atoms in total. The number of carbonyl (C=O) groups is 4. The van der Waals surface area contributed by atoms with Crippen LogP contribution in [0, 0.1) is 23.7 Å². The Bertz CT molecular complexity index is 3170. The fourth-order valence-electron chi connectivity index (χ4n) is 13.7. The SMILES string of the molecule is O=C(NC(CO)(CO)CO)C1C2c3cc4ccc3[C@@H](c3cc(ccc32)OCc2ccc(cc2)COc2ccc3c(c2)C2c5ccc(cc5[C@H]3[C@@H](C(=O)NC(CO)(CO)CO)C2C(=O)NC(CO)(CO)CO)OCc2ccc(cc2)CO4)C1C(=O)NC(CO)(CO)CO. The van der Waals surface area contributed by atoms with Gasteiger partial charge in [-0.2, -0.15) is 0 Å². The summed E-state index contributed by atoms with van der Waals surface area (Å²) >= 11 is 0. The number of aliphatic hydroxyl groups excluding tert-OH is 12. The van der Waals surface area contributed by atoms with E-state index in [1.165, 1.54) is 0 Å². The Morgan fingerprint density at radius 2 is 0.457 bits per heavy atom. The lowest BCUT2D eigenvalue weighted by Gasteiger charge is -2.50. The second-order valence-corrected chi connectivity index (χ2v) is 24.9. The fourth-order valence-corrected chi connectivity index (χ4v) is 13.7. The lowest BCUT2D eigenvalue weighted by Crippen LogP contribution is -2.64. The van der Waals surface area contributed by atoms with Crippen LogP contribution in [0.4, 0.5) is 0 Å². The minimum Gasteiger partial charge on any atom is -0.489 e. The van der Waals surface area contributed by atoms with Crippen LogP contribution in [0.1, 0.15) is 90.4 Å². The molecule has 0 spiro atoms. The number of carbonyl (C=O) groups excluding carboxylic acids is 4. The van der Waals surface area contributed by atoms with Gasteiger partial charge in [0.2, 0.25) is 23.6 Å². The molecule has 24 heteroatoms. The van der Waals surface area contributed by atoms with Crippen molar-refractivity contribution in [3.8, 4) is 23.0 Å². The highest BCUT2D eigenvalue weighted by atomic mass is 16.5. The quantitative estimate of drug-likeness (QED) is 0.0449. The van der Waals surface area contributed by atoms with Crippen LogP contribution in [0.15, 0.2) is 121 Å². The zero-order valence-electron chi connectivity index (χ0n) is 50.1. The molecule has 16 N–H and O–H groups in total. The van der Waals surface area contributed by atoms with Crippen LogP contribution < -0.4 is 40.2 Å². The minimum atomic E-state index is -1.90. The number of aliphatic hydroxyl groups is 12. The van der Waals surface area contributed by atoms with Gasteiger partial charge in [-0.05, 0) is 115 Å². The van der Waals surface area contributed by atoms with E-state index in [-0.39, 0.29) is 26.4 Å². The summed E-state index contributed by atoms with van der Waals surface area (Å²) in [5, 5.41) is 135. The molecule has 5 unspecified atom stereocenters. The Hall–Kier alpha value is -8.08. The molecule has 6 aromatic rings. The third-order valence-corrected chi connectivity index (χ3v) is 19.2. The van der Waals surface area contributed by atoms with Crippen molar-refractivity contribution in [1.29, 1.82) is 0 Å². The smallest absolute Gasteiger partial charge is 0.225 e. The first-order valence-corrected chi connectivity index (χ1v) is 30.3. The molecule has 0 saturated heterocycles. The third-order valence-electron chi connectivity index (χ3n) is 19.2. The molecule has 6 aliphatic carbocycles. The van der Waals surface area contributed by atoms with Crippen molar-refractivity contribution in [2.45, 2.75) is 72.3 Å². The molecule has 6 aromatic carbocycles. The minimum absolute atomic E-state index is 0.0772. The first kappa shape index (κ1) is 65.4. The first-order chi connectivity index (χ1) is 44.5. The maximum absolute atomic E-state index is 14.9. The maximum Gasteiger partial charge on any atom is 0.225 e. The largest absolute Gasteiger partial charge is 0.489 e. The molecule has 488 valence electrons. The van der Waals surface area contributed by atoms with Crippen molar-refractivity contribution in [2.75, 3.05) is 79.3 Å². The van der Waals surface area contributed by atoms with Gasteiger partial charge in [-0.15, -0.1) is 0 Å². The molecule has 22 aliphatic rings. The first-order valence-electron chi connectivity index (χ1n) is 30.3. The third kappa shape index (κ3) is 11.9. The van der Waals surface area contributed by atoms with Gasteiger partial charge in [-0.25, -0.2) is 0 Å². The van der Waals surface area contributed by atoms with E-state index in [0.29, 0.717) is 67.5 Å². The molecule has 28 rings (SSSR count). The van der Waals surface area contributed by atoms with Crippen LogP contribution in [-0.2, 0) is 45.6 Å². The second-order valence-electron chi connectivity index (χ2n) is 24.9. The molecule has 0 aromatic heterocycles. The molecule has 0 saturated carbocycles. The summed E-state index contributed by atoms with van der Waals surface area (Å²) in [5.41, 5.74) is 0.521. The standard InChI is InChI=1S/C68H76N4O20/c73-25-65(26-74,27-75)69-61(85)57-53-47-15-11-43-19-51(47)54(58(57)62(86)70-66(28-76,29-77)30-78)45-13-9-41(17-49(45)53)89-21-37-1-2-38(4-3-37)22-90-42-10-14-46-50(18-42)55-48-16-12-44(92-24-40-7-5-39(6-8-40)23-91-43)20-52(48)56(46)60(64(88)72-68(34-82,35-83)36-84)59(55)63(87)71-67(31-79,32-80)33-81/h1-20,53-60,73-84H,21-36H2,(H,69,85)(H,70,86)(H,71,87)(H,72,88)/t53-,54?,55?,56-,57+,58?,59?,60?/m0/s1. The van der Waals surface area contributed by atoms with E-state index in [0.717, 1.165) is 22.3 Å². The fraction of sp³-hybridized carbons (Fsp3) is 0.412. The Morgan fingerprint density at radius 1 is 0.283 bits per heavy atom. The van der Waals surface area contributed by atoms with Crippen molar-refractivity contribution in [1.82, 2.24) is 21.3 Å². The van der Waals surface area contributed by atoms with Crippen LogP contribution in [0.25, 0.3) is 0 Å². The van der Waals surface area contributed by atoms with Crippen molar-refractivity contribution in [3.05, 3.63) is 188 Å². The van der Waals surface area contributed by atoms with Crippen LogP contribution in [0.3, 0.4) is 0 Å². The maximum atomic E-state index is 14.9. The molecule has 4 amide bonds. The van der Waals surface area contributed by atoms with Gasteiger partial charge in [0.15, 0.2) is 0 Å². The number of amides is 4. The van der Waals surface area contributed by atoms with Gasteiger partial charge in [0.1, 0.15) is 71.6 Å². The molecule has 16 heterocycles. The predicted octanol–water partition coefficient (Wildman–Crippen LogP) is -0.710. The van der Waals surface area contributed by atoms with E-state index in [4.69, 9.17) is 18.9 Å². The van der Waals surface area contributed by atoms with Gasteiger partial charge in [-0.3, -0.25) is 19.2 Å². The zero-order chi connectivity index (χ0) is 65.3. The Morgan fingerprint density at radius 3 is 0.620 bits per heavy atom. The summed E-state index contributed by atoms with van der Waals surface area (Å²) in [5.74, 6) is -10.5. The van der Waals surface area contributed by atoms with Gasteiger partial charge < -0.3 is 101 Å². The van der Waals surface area contributed by atoms with Gasteiger partial charge in [-0.1, -0.05) is 72.8 Å². The van der Waals surface area contributed by atoms with E-state index in [1.807, 2.05) is 48.5 Å². The van der Waals surface area contributed by atoms with Gasteiger partial charge in [0, 0.05) is 23.7 Å². The number of benzene rings is 6. The summed E-state index contributed by atoms with van der Waals surface area (Å²) in [6.07, 6.45) is 0. The predicted molar refractivity (Wildman–Crippen MR) is 326 cm³/mol. The highest BCUT2D eigenvalue weighted by Crippen LogP contribution is 2.61. The van der Waals surface area contributed by atoms with E-state index < -0.39 is 172 Å². The molecule has 0 fully saturated rings. The molecule has 20 bridgehead atoms. The monoisotopic (exact) mass is 1270 g/mol. The van der Waals surface area contributed by atoms with Gasteiger partial charge in [0.05, 0.1) is 103 Å². The van der Waals surface area contributed by atoms with E-state index >= 15 is 0 Å². The number of ether oxygens (including phenoxy) is 4. The highest BCUT2D eigenvalue weighted by molar-refractivity contribution is 5.94. The van der Waals surface area contributed by atoms with E-state index in [1.54, 1.807) is 72.8 Å². The van der Waals surface area contributed by atoms with Crippen LogP contribution in [0.2, 0.25) is 0 Å². The zero-order valence-corrected chi connectivity index (χ0v) is 50.1.